The van der Waals surface area contributed by atoms with Crippen molar-refractivity contribution in [3.63, 3.8) is 0 Å². The minimum Gasteiger partial charge on any atom is -0.478 e. The highest BCUT2D eigenvalue weighted by Crippen LogP contribution is 2.22. The van der Waals surface area contributed by atoms with Crippen molar-refractivity contribution in [2.75, 3.05) is 0 Å². The van der Waals surface area contributed by atoms with Gasteiger partial charge in [0.05, 0.1) is 15.7 Å². The summed E-state index contributed by atoms with van der Waals surface area (Å²) in [4.78, 5) is 11.3. The van der Waals surface area contributed by atoms with Crippen molar-refractivity contribution in [3.8, 4) is 0 Å². The van der Waals surface area contributed by atoms with Crippen LogP contribution in [-0.4, -0.2) is 24.7 Å². The van der Waals surface area contributed by atoms with Crippen LogP contribution in [-0.2, 0) is 16.3 Å². The average Bonchev–Trinajstić information content (AvgIpc) is 2.38. The standard InChI is InChI=1S/C14H20O4S/c1-4-6-10(3)19(17,18)12-8-7-11(5-2)13(9-12)14(15)16/h7-10H,4-6H2,1-3H3,(H,15,16). The fourth-order valence-corrected chi connectivity index (χ4v) is 3.58. The molecule has 0 aliphatic heterocycles. The Hall–Kier alpha value is -1.36. The lowest BCUT2D eigenvalue weighted by Gasteiger charge is -2.13. The number of sulfone groups is 1. The molecular weight excluding hydrogens is 264 g/mol. The minimum atomic E-state index is -3.45. The summed E-state index contributed by atoms with van der Waals surface area (Å²) in [6, 6.07) is 4.38. The molecule has 1 aromatic rings. The van der Waals surface area contributed by atoms with Crippen molar-refractivity contribution in [1.29, 1.82) is 0 Å². The topological polar surface area (TPSA) is 71.4 Å². The third-order valence-electron chi connectivity index (χ3n) is 3.25. The number of aryl methyl sites for hydroxylation is 1. The van der Waals surface area contributed by atoms with Gasteiger partial charge in [-0.2, -0.15) is 0 Å². The zero-order valence-electron chi connectivity index (χ0n) is 11.5. The monoisotopic (exact) mass is 284 g/mol. The first-order chi connectivity index (χ1) is 8.84. The van der Waals surface area contributed by atoms with Gasteiger partial charge in [-0.25, -0.2) is 13.2 Å². The molecule has 0 amide bonds. The molecule has 1 atom stereocenters. The molecule has 0 fully saturated rings. The molecule has 1 rings (SSSR count). The molecule has 0 spiro atoms. The lowest BCUT2D eigenvalue weighted by molar-refractivity contribution is 0.0695. The molecule has 0 radical (unpaired) electrons. The molecule has 0 aromatic heterocycles. The van der Waals surface area contributed by atoms with Crippen LogP contribution in [0, 0.1) is 0 Å². The quantitative estimate of drug-likeness (QED) is 0.871. The van der Waals surface area contributed by atoms with Gasteiger partial charge < -0.3 is 5.11 Å². The summed E-state index contributed by atoms with van der Waals surface area (Å²) in [7, 11) is -3.45. The van der Waals surface area contributed by atoms with Crippen molar-refractivity contribution < 1.29 is 18.3 Å². The van der Waals surface area contributed by atoms with E-state index in [1.165, 1.54) is 12.1 Å². The molecule has 0 saturated carbocycles. The van der Waals surface area contributed by atoms with Gasteiger partial charge in [0.15, 0.2) is 9.84 Å². The maximum Gasteiger partial charge on any atom is 0.336 e. The molecule has 4 nitrogen and oxygen atoms in total. The highest BCUT2D eigenvalue weighted by atomic mass is 32.2. The Morgan fingerprint density at radius 3 is 2.42 bits per heavy atom. The van der Waals surface area contributed by atoms with E-state index in [9.17, 15) is 13.2 Å². The fourth-order valence-electron chi connectivity index (χ4n) is 2.03. The van der Waals surface area contributed by atoms with Gasteiger partial charge in [-0.05, 0) is 37.5 Å². The third kappa shape index (κ3) is 3.35. The van der Waals surface area contributed by atoms with Crippen LogP contribution in [0.15, 0.2) is 23.1 Å². The molecule has 1 aromatic carbocycles. The zero-order valence-corrected chi connectivity index (χ0v) is 12.3. The highest BCUT2D eigenvalue weighted by Gasteiger charge is 2.24. The lowest BCUT2D eigenvalue weighted by atomic mass is 10.1. The maximum absolute atomic E-state index is 12.3. The number of rotatable bonds is 6. The summed E-state index contributed by atoms with van der Waals surface area (Å²) in [5.41, 5.74) is 0.724. The van der Waals surface area contributed by atoms with Gasteiger partial charge in [-0.3, -0.25) is 0 Å². The Balaban J connectivity index is 3.29. The lowest BCUT2D eigenvalue weighted by Crippen LogP contribution is -2.18. The van der Waals surface area contributed by atoms with Crippen LogP contribution in [0.2, 0.25) is 0 Å². The van der Waals surface area contributed by atoms with Crippen LogP contribution in [0.3, 0.4) is 0 Å². The molecule has 0 aliphatic carbocycles. The summed E-state index contributed by atoms with van der Waals surface area (Å²) in [6.07, 6.45) is 1.91. The number of hydrogen-bond donors (Lipinski definition) is 1. The van der Waals surface area contributed by atoms with Crippen LogP contribution in [0.25, 0.3) is 0 Å². The van der Waals surface area contributed by atoms with E-state index in [2.05, 4.69) is 0 Å². The van der Waals surface area contributed by atoms with E-state index < -0.39 is 21.1 Å². The molecule has 1 unspecified atom stereocenters. The first-order valence-electron chi connectivity index (χ1n) is 6.44. The SMILES string of the molecule is CCCC(C)S(=O)(=O)c1ccc(CC)c(C(=O)O)c1. The summed E-state index contributed by atoms with van der Waals surface area (Å²) < 4.78 is 24.6. The number of hydrogen-bond acceptors (Lipinski definition) is 3. The van der Waals surface area contributed by atoms with Crippen molar-refractivity contribution >= 4 is 15.8 Å². The van der Waals surface area contributed by atoms with Crippen LogP contribution in [0.1, 0.15) is 49.5 Å². The molecule has 1 N–H and O–H groups in total. The van der Waals surface area contributed by atoms with Crippen LogP contribution >= 0.6 is 0 Å². The largest absolute Gasteiger partial charge is 0.478 e. The summed E-state index contributed by atoms with van der Waals surface area (Å²) in [5, 5.41) is 8.64. The number of carboxylic acids is 1. The van der Waals surface area contributed by atoms with Gasteiger partial charge in [0.2, 0.25) is 0 Å². The van der Waals surface area contributed by atoms with Gasteiger partial charge in [-0.1, -0.05) is 26.3 Å². The second-order valence-corrected chi connectivity index (χ2v) is 6.99. The molecule has 0 saturated heterocycles. The van der Waals surface area contributed by atoms with Gasteiger partial charge >= 0.3 is 5.97 Å². The molecular formula is C14H20O4S. The summed E-state index contributed by atoms with van der Waals surface area (Å²) >= 11 is 0. The Kier molecular flexibility index (Phi) is 5.11. The Morgan fingerprint density at radius 1 is 1.32 bits per heavy atom. The van der Waals surface area contributed by atoms with Crippen molar-refractivity contribution in [2.45, 2.75) is 50.2 Å². The molecule has 0 heterocycles. The first-order valence-corrected chi connectivity index (χ1v) is 7.99. The van der Waals surface area contributed by atoms with E-state index in [1.807, 2.05) is 13.8 Å². The van der Waals surface area contributed by atoms with Crippen molar-refractivity contribution in [1.82, 2.24) is 0 Å². The number of aromatic carboxylic acids is 1. The predicted octanol–water partition coefficient (Wildman–Crippen LogP) is 2.91. The molecule has 0 bridgehead atoms. The molecule has 0 aliphatic rings. The van der Waals surface area contributed by atoms with E-state index in [0.717, 1.165) is 6.42 Å². The third-order valence-corrected chi connectivity index (χ3v) is 5.45. The molecule has 5 heteroatoms. The first kappa shape index (κ1) is 15.7. The van der Waals surface area contributed by atoms with E-state index >= 15 is 0 Å². The number of carboxylic acid groups (broad SMARTS) is 1. The Bertz CT molecular complexity index is 561. The Morgan fingerprint density at radius 2 is 1.95 bits per heavy atom. The van der Waals surface area contributed by atoms with Crippen LogP contribution < -0.4 is 0 Å². The van der Waals surface area contributed by atoms with Crippen molar-refractivity contribution in [3.05, 3.63) is 29.3 Å². The predicted molar refractivity (Wildman–Crippen MR) is 74.3 cm³/mol. The summed E-state index contributed by atoms with van der Waals surface area (Å²) in [5.74, 6) is -1.09. The highest BCUT2D eigenvalue weighted by molar-refractivity contribution is 7.92. The Labute approximate surface area is 114 Å². The fraction of sp³-hybridized carbons (Fsp3) is 0.500. The smallest absolute Gasteiger partial charge is 0.336 e. The summed E-state index contributed by atoms with van der Waals surface area (Å²) in [6.45, 7) is 5.43. The zero-order chi connectivity index (χ0) is 14.6. The second kappa shape index (κ2) is 6.19. The van der Waals surface area contributed by atoms with E-state index in [-0.39, 0.29) is 10.5 Å². The minimum absolute atomic E-state index is 0.0762. The number of carbonyl (C=O) groups is 1. The van der Waals surface area contributed by atoms with E-state index in [0.29, 0.717) is 18.4 Å². The molecule has 106 valence electrons. The van der Waals surface area contributed by atoms with Crippen LogP contribution in [0.5, 0.6) is 0 Å². The average molecular weight is 284 g/mol. The van der Waals surface area contributed by atoms with Gasteiger partial charge in [-0.15, -0.1) is 0 Å². The van der Waals surface area contributed by atoms with E-state index in [1.54, 1.807) is 13.0 Å². The van der Waals surface area contributed by atoms with Gasteiger partial charge in [0, 0.05) is 0 Å². The molecule has 19 heavy (non-hydrogen) atoms. The van der Waals surface area contributed by atoms with E-state index in [4.69, 9.17) is 5.11 Å². The normalized spacial score (nSPS) is 13.2. The number of benzene rings is 1. The maximum atomic E-state index is 12.3. The van der Waals surface area contributed by atoms with Gasteiger partial charge in [0.1, 0.15) is 0 Å². The van der Waals surface area contributed by atoms with Gasteiger partial charge in [0.25, 0.3) is 0 Å². The van der Waals surface area contributed by atoms with Crippen molar-refractivity contribution in [2.24, 2.45) is 0 Å². The second-order valence-electron chi connectivity index (χ2n) is 4.62. The van der Waals surface area contributed by atoms with Crippen LogP contribution in [0.4, 0.5) is 0 Å².